The largest absolute Gasteiger partial charge is 2.00 e. The van der Waals surface area contributed by atoms with Crippen molar-refractivity contribution in [1.82, 2.24) is 0 Å². The van der Waals surface area contributed by atoms with Gasteiger partial charge in [-0.1, -0.05) is 0 Å². The first-order chi connectivity index (χ1) is 2.00. The third-order valence-corrected chi connectivity index (χ3v) is 0. The Hall–Kier alpha value is 0.679. The molecule has 0 amide bonds. The Labute approximate surface area is 57.8 Å². The van der Waals surface area contributed by atoms with E-state index in [1.165, 1.54) is 0 Å². The average Bonchev–Trinajstić information content (AvgIpc) is 0.722. The van der Waals surface area contributed by atoms with Crippen LogP contribution in [0, 0.1) is 12.4 Å². The molecule has 0 rings (SSSR count). The minimum atomic E-state index is -5.17. The molecule has 46 valence electrons. The summed E-state index contributed by atoms with van der Waals surface area (Å²) in [7, 11) is -5.17. The van der Waals surface area contributed by atoms with E-state index >= 15 is 0 Å². The molecule has 0 aliphatic carbocycles. The molecular formula is H2ClFeO4S+. The fourth-order valence-corrected chi connectivity index (χ4v) is 0. The molecule has 0 spiro atoms. The first kappa shape index (κ1) is 15.6. The third-order valence-electron chi connectivity index (χ3n) is 0. The molecule has 0 aromatic heterocycles. The number of rotatable bonds is 0. The van der Waals surface area contributed by atoms with Crippen LogP contribution < -0.4 is 0 Å². The van der Waals surface area contributed by atoms with Crippen molar-refractivity contribution >= 4 is 10.4 Å². The Kier molecular flexibility index (Phi) is 10.8. The van der Waals surface area contributed by atoms with E-state index in [9.17, 15) is 0 Å². The molecule has 0 bridgehead atoms. The van der Waals surface area contributed by atoms with E-state index in [-0.39, 0.29) is 29.5 Å². The van der Waals surface area contributed by atoms with E-state index in [2.05, 4.69) is 0 Å². The van der Waals surface area contributed by atoms with Crippen LogP contribution >= 0.6 is 0 Å². The zero-order chi connectivity index (χ0) is 4.50. The molecule has 0 aliphatic rings. The van der Waals surface area contributed by atoms with Gasteiger partial charge in [-0.3, -0.25) is 8.42 Å². The topological polar surface area (TPSA) is 80.3 Å². The van der Waals surface area contributed by atoms with Crippen LogP contribution in [-0.4, -0.2) is 17.5 Å². The Morgan fingerprint density at radius 1 is 1.14 bits per heavy atom. The van der Waals surface area contributed by atoms with Crippen molar-refractivity contribution in [2.24, 2.45) is 0 Å². The Morgan fingerprint density at radius 2 is 1.14 bits per heavy atom. The molecule has 0 fully saturated rings. The first-order valence-electron chi connectivity index (χ1n) is 0.667. The molecule has 0 unspecified atom stereocenters. The summed E-state index contributed by atoms with van der Waals surface area (Å²) in [6, 6.07) is 0. The van der Waals surface area contributed by atoms with Gasteiger partial charge < -0.3 is 9.11 Å². The van der Waals surface area contributed by atoms with E-state index in [0.29, 0.717) is 0 Å². The molecule has 0 N–H and O–H groups in total. The molecule has 0 saturated heterocycles. The Morgan fingerprint density at radius 3 is 1.14 bits per heavy atom. The molecule has 0 aromatic rings. The number of hydrogen-bond donors (Lipinski definition) is 0. The van der Waals surface area contributed by atoms with Gasteiger partial charge in [-0.05, 0) is 0 Å². The van der Waals surface area contributed by atoms with Crippen LogP contribution in [-0.2, 0) is 27.5 Å². The monoisotopic (exact) mass is 189 g/mol. The second kappa shape index (κ2) is 4.83. The van der Waals surface area contributed by atoms with Gasteiger partial charge in [0.05, 0.1) is 12.4 Å². The third kappa shape index (κ3) is 317. The first-order valence-corrected chi connectivity index (χ1v) is 2.00. The summed E-state index contributed by atoms with van der Waals surface area (Å²) in [6.07, 6.45) is 0. The number of halogens is 1. The van der Waals surface area contributed by atoms with Gasteiger partial charge in [0, 0.05) is 10.4 Å². The van der Waals surface area contributed by atoms with Gasteiger partial charge in [-0.15, -0.1) is 0 Å². The van der Waals surface area contributed by atoms with E-state index in [0.717, 1.165) is 0 Å². The standard InChI is InChI=1S/ClH2.Fe.H2O4S/c;;1-5(2,3)4/h1H2;;(H2,1,2,3,4)/q+1;+2;/p-2. The summed E-state index contributed by atoms with van der Waals surface area (Å²) < 4.78 is 34.1. The molecule has 0 aliphatic heterocycles. The van der Waals surface area contributed by atoms with E-state index in [4.69, 9.17) is 17.5 Å². The van der Waals surface area contributed by atoms with Crippen LogP contribution in [0.15, 0.2) is 0 Å². The summed E-state index contributed by atoms with van der Waals surface area (Å²) in [5.41, 5.74) is 0. The van der Waals surface area contributed by atoms with Gasteiger partial charge in [-0.2, -0.15) is 0 Å². The van der Waals surface area contributed by atoms with Crippen molar-refractivity contribution in [1.29, 1.82) is 0 Å². The maximum Gasteiger partial charge on any atom is 2.00 e. The second-order valence-electron chi connectivity index (χ2n) is 0.408. The van der Waals surface area contributed by atoms with Crippen LogP contribution in [0.3, 0.4) is 0 Å². The van der Waals surface area contributed by atoms with Crippen molar-refractivity contribution in [2.75, 3.05) is 0 Å². The molecule has 0 saturated carbocycles. The molecular weight excluding hydrogens is 187 g/mol. The maximum atomic E-state index is 8.52. The van der Waals surface area contributed by atoms with Crippen LogP contribution in [0.2, 0.25) is 0 Å². The fourth-order valence-electron chi connectivity index (χ4n) is 0. The Balaban J connectivity index is -0.0000000800. The van der Waals surface area contributed by atoms with Crippen molar-refractivity contribution in [2.45, 2.75) is 0 Å². The fraction of sp³-hybridized carbons (Fsp3) is 0. The van der Waals surface area contributed by atoms with Gasteiger partial charge in [0.15, 0.2) is 0 Å². The van der Waals surface area contributed by atoms with Gasteiger partial charge >= 0.3 is 17.1 Å². The predicted molar refractivity (Wildman–Crippen MR) is 13.3 cm³/mol. The molecule has 0 radical (unpaired) electrons. The van der Waals surface area contributed by atoms with E-state index in [1.807, 2.05) is 0 Å². The van der Waals surface area contributed by atoms with Crippen LogP contribution in [0.25, 0.3) is 0 Å². The van der Waals surface area contributed by atoms with Crippen molar-refractivity contribution < 1.29 is 47.0 Å². The number of hydrogen-bond acceptors (Lipinski definition) is 4. The summed E-state index contributed by atoms with van der Waals surface area (Å²) in [5.74, 6) is 0. The SMILES string of the molecule is O=S(=O)([O-])[O-].[ClH2+].[Fe+2]. The summed E-state index contributed by atoms with van der Waals surface area (Å²) in [4.78, 5) is 0. The van der Waals surface area contributed by atoms with Gasteiger partial charge in [0.2, 0.25) is 0 Å². The minimum Gasteiger partial charge on any atom is -0.759 e. The summed E-state index contributed by atoms with van der Waals surface area (Å²) in [6.45, 7) is 0. The quantitative estimate of drug-likeness (QED) is 0.254. The van der Waals surface area contributed by atoms with Gasteiger partial charge in [0.1, 0.15) is 0 Å². The normalized spacial score (nSPS) is 8.29. The van der Waals surface area contributed by atoms with E-state index < -0.39 is 10.4 Å². The van der Waals surface area contributed by atoms with Crippen molar-refractivity contribution in [3.8, 4) is 0 Å². The van der Waals surface area contributed by atoms with Crippen LogP contribution in [0.5, 0.6) is 0 Å². The molecule has 4 nitrogen and oxygen atoms in total. The smallest absolute Gasteiger partial charge is 0.759 e. The molecule has 0 heterocycles. The minimum absolute atomic E-state index is 0. The molecule has 0 aromatic carbocycles. The van der Waals surface area contributed by atoms with Gasteiger partial charge in [0.25, 0.3) is 0 Å². The Bertz CT molecular complexity index is 94.9. The maximum absolute atomic E-state index is 8.52. The molecule has 7 heavy (non-hydrogen) atoms. The van der Waals surface area contributed by atoms with Crippen LogP contribution in [0.4, 0.5) is 0 Å². The average molecular weight is 189 g/mol. The van der Waals surface area contributed by atoms with Crippen molar-refractivity contribution in [3.63, 3.8) is 0 Å². The second-order valence-corrected chi connectivity index (χ2v) is 1.22. The predicted octanol–water partition coefficient (Wildman–Crippen LogP) is -1.88. The molecule has 7 heteroatoms. The zero-order valence-corrected chi connectivity index (χ0v) is 5.66. The van der Waals surface area contributed by atoms with Crippen molar-refractivity contribution in [3.05, 3.63) is 0 Å². The zero-order valence-electron chi connectivity index (χ0n) is 2.84. The van der Waals surface area contributed by atoms with E-state index in [1.54, 1.807) is 0 Å². The van der Waals surface area contributed by atoms with Crippen LogP contribution in [0.1, 0.15) is 0 Å². The van der Waals surface area contributed by atoms with Gasteiger partial charge in [-0.25, -0.2) is 0 Å². The summed E-state index contributed by atoms with van der Waals surface area (Å²) in [5, 5.41) is 0. The molecule has 0 atom stereocenters. The summed E-state index contributed by atoms with van der Waals surface area (Å²) >= 11 is 0.